The lowest BCUT2D eigenvalue weighted by Gasteiger charge is -2.14. The molecule has 0 saturated heterocycles. The van der Waals surface area contributed by atoms with Gasteiger partial charge in [0.2, 0.25) is 0 Å². The van der Waals surface area contributed by atoms with Gasteiger partial charge in [0.25, 0.3) is 0 Å². The van der Waals surface area contributed by atoms with E-state index in [9.17, 15) is 0 Å². The molecule has 0 aliphatic heterocycles. The average molecular weight is 244 g/mol. The van der Waals surface area contributed by atoms with Gasteiger partial charge < -0.3 is 15.3 Å². The van der Waals surface area contributed by atoms with E-state index in [1.807, 2.05) is 6.07 Å². The first-order valence-electron chi connectivity index (χ1n) is 5.38. The predicted molar refractivity (Wildman–Crippen MR) is 73.0 cm³/mol. The molecule has 0 bridgehead atoms. The van der Waals surface area contributed by atoms with Crippen molar-refractivity contribution in [2.75, 3.05) is 13.7 Å². The van der Waals surface area contributed by atoms with E-state index in [-0.39, 0.29) is 6.61 Å². The van der Waals surface area contributed by atoms with Gasteiger partial charge in [-0.25, -0.2) is 0 Å². The lowest BCUT2D eigenvalue weighted by atomic mass is 10.1. The molecular formula is C14H16N2O2. The maximum atomic E-state index is 5.51. The van der Waals surface area contributed by atoms with Crippen LogP contribution in [0.1, 0.15) is 11.1 Å². The van der Waals surface area contributed by atoms with Crippen molar-refractivity contribution in [3.63, 3.8) is 0 Å². The molecular weight excluding hydrogens is 228 g/mol. The van der Waals surface area contributed by atoms with Crippen LogP contribution < -0.4 is 15.3 Å². The van der Waals surface area contributed by atoms with Gasteiger partial charge >= 0.3 is 0 Å². The van der Waals surface area contributed by atoms with E-state index in [0.29, 0.717) is 17.9 Å². The molecule has 4 nitrogen and oxygen atoms in total. The smallest absolute Gasteiger partial charge is 0.166 e. The zero-order valence-corrected chi connectivity index (χ0v) is 10.3. The van der Waals surface area contributed by atoms with Crippen LogP contribution in [-0.4, -0.2) is 19.9 Å². The van der Waals surface area contributed by atoms with Gasteiger partial charge in [-0.05, 0) is 24.1 Å². The minimum Gasteiger partial charge on any atom is -0.493 e. The number of benzene rings is 1. The maximum Gasteiger partial charge on any atom is 0.166 e. The average Bonchev–Trinajstić information content (AvgIpc) is 2.37. The Morgan fingerprint density at radius 1 is 1.56 bits per heavy atom. The highest BCUT2D eigenvalue weighted by molar-refractivity contribution is 5.81. The van der Waals surface area contributed by atoms with E-state index in [0.717, 1.165) is 11.1 Å². The molecule has 0 aliphatic rings. The summed E-state index contributed by atoms with van der Waals surface area (Å²) >= 11 is 0. The number of hydrazone groups is 1. The van der Waals surface area contributed by atoms with Crippen LogP contribution in [0.4, 0.5) is 0 Å². The van der Waals surface area contributed by atoms with E-state index < -0.39 is 0 Å². The number of nitrogens with zero attached hydrogens (tertiary/aromatic N) is 1. The van der Waals surface area contributed by atoms with Crippen LogP contribution in [0.15, 0.2) is 29.9 Å². The normalized spacial score (nSPS) is 10.0. The number of allylic oxidation sites excluding steroid dienone is 1. The molecule has 0 atom stereocenters. The summed E-state index contributed by atoms with van der Waals surface area (Å²) in [4.78, 5) is 0. The summed E-state index contributed by atoms with van der Waals surface area (Å²) < 4.78 is 10.8. The summed E-state index contributed by atoms with van der Waals surface area (Å²) in [5.74, 6) is 8.80. The molecule has 0 fully saturated rings. The van der Waals surface area contributed by atoms with Crippen LogP contribution in [-0.2, 0) is 6.42 Å². The van der Waals surface area contributed by atoms with Crippen LogP contribution in [0.2, 0.25) is 0 Å². The summed E-state index contributed by atoms with van der Waals surface area (Å²) in [5.41, 5.74) is 1.76. The number of rotatable bonds is 6. The van der Waals surface area contributed by atoms with Crippen molar-refractivity contribution in [1.29, 1.82) is 0 Å². The molecule has 0 aromatic heterocycles. The van der Waals surface area contributed by atoms with Crippen LogP contribution >= 0.6 is 0 Å². The van der Waals surface area contributed by atoms with Gasteiger partial charge in [-0.15, -0.1) is 13.0 Å². The summed E-state index contributed by atoms with van der Waals surface area (Å²) in [6.45, 7) is 3.90. The molecule has 1 aromatic rings. The summed E-state index contributed by atoms with van der Waals surface area (Å²) in [6, 6.07) is 3.70. The van der Waals surface area contributed by atoms with Crippen LogP contribution in [0.3, 0.4) is 0 Å². The lowest BCUT2D eigenvalue weighted by molar-refractivity contribution is 0.328. The predicted octanol–water partition coefficient (Wildman–Crippen LogP) is 1.73. The fourth-order valence-electron chi connectivity index (χ4n) is 1.58. The number of ether oxygens (including phenoxy) is 2. The van der Waals surface area contributed by atoms with Crippen LogP contribution in [0.5, 0.6) is 11.5 Å². The first kappa shape index (κ1) is 13.7. The Hall–Kier alpha value is -2.41. The number of hydrogen-bond donors (Lipinski definition) is 1. The van der Waals surface area contributed by atoms with E-state index in [1.54, 1.807) is 25.5 Å². The van der Waals surface area contributed by atoms with E-state index in [4.69, 9.17) is 21.7 Å². The van der Waals surface area contributed by atoms with Gasteiger partial charge in [-0.2, -0.15) is 5.10 Å². The lowest BCUT2D eigenvalue weighted by Crippen LogP contribution is -2.02. The Bertz CT molecular complexity index is 487. The third-order valence-corrected chi connectivity index (χ3v) is 2.26. The molecule has 0 unspecified atom stereocenters. The van der Waals surface area contributed by atoms with Crippen LogP contribution in [0.25, 0.3) is 0 Å². The molecule has 0 saturated carbocycles. The highest BCUT2D eigenvalue weighted by Crippen LogP contribution is 2.33. The molecule has 1 rings (SSSR count). The Kier molecular flexibility index (Phi) is 5.33. The van der Waals surface area contributed by atoms with Crippen molar-refractivity contribution in [3.8, 4) is 23.8 Å². The molecule has 1 aromatic carbocycles. The molecule has 18 heavy (non-hydrogen) atoms. The third-order valence-electron chi connectivity index (χ3n) is 2.26. The fourth-order valence-corrected chi connectivity index (χ4v) is 1.58. The van der Waals surface area contributed by atoms with Crippen LogP contribution in [0, 0.1) is 12.3 Å². The second-order valence-electron chi connectivity index (χ2n) is 3.48. The number of hydrogen-bond acceptors (Lipinski definition) is 4. The quantitative estimate of drug-likeness (QED) is 0.272. The fraction of sp³-hybridized carbons (Fsp3) is 0.214. The zero-order chi connectivity index (χ0) is 13.4. The largest absolute Gasteiger partial charge is 0.493 e. The molecule has 0 radical (unpaired) electrons. The van der Waals surface area contributed by atoms with Gasteiger partial charge in [0.15, 0.2) is 11.5 Å². The Balaban J connectivity index is 3.26. The number of nitrogens with two attached hydrogens (primary N) is 1. The third kappa shape index (κ3) is 3.29. The maximum absolute atomic E-state index is 5.51. The van der Waals surface area contributed by atoms with Gasteiger partial charge in [-0.3, -0.25) is 0 Å². The molecule has 0 spiro atoms. The minimum atomic E-state index is 0.185. The molecule has 4 heteroatoms. The van der Waals surface area contributed by atoms with Gasteiger partial charge in [0.1, 0.15) is 6.61 Å². The van der Waals surface area contributed by atoms with Crippen molar-refractivity contribution >= 4 is 6.21 Å². The first-order valence-corrected chi connectivity index (χ1v) is 5.38. The number of methoxy groups -OCH3 is 1. The Labute approximate surface area is 107 Å². The summed E-state index contributed by atoms with van der Waals surface area (Å²) in [6.07, 6.45) is 9.16. The van der Waals surface area contributed by atoms with E-state index in [1.165, 1.54) is 0 Å². The minimum absolute atomic E-state index is 0.185. The van der Waals surface area contributed by atoms with Crippen molar-refractivity contribution in [2.24, 2.45) is 10.9 Å². The standard InChI is InChI=1S/C14H16N2O2/c1-4-6-12-8-11(10-16-15)9-13(17-3)14(12)18-7-5-2/h2,4,8-10H,1,6-7,15H2,3H3. The molecule has 0 amide bonds. The van der Waals surface area contributed by atoms with Crippen molar-refractivity contribution in [3.05, 3.63) is 35.9 Å². The number of terminal acetylenes is 1. The van der Waals surface area contributed by atoms with Crippen molar-refractivity contribution in [1.82, 2.24) is 0 Å². The topological polar surface area (TPSA) is 56.8 Å². The highest BCUT2D eigenvalue weighted by atomic mass is 16.5. The van der Waals surface area contributed by atoms with Crippen molar-refractivity contribution in [2.45, 2.75) is 6.42 Å². The monoisotopic (exact) mass is 244 g/mol. The van der Waals surface area contributed by atoms with Gasteiger partial charge in [-0.1, -0.05) is 12.0 Å². The second-order valence-corrected chi connectivity index (χ2v) is 3.48. The molecule has 0 heterocycles. The van der Waals surface area contributed by atoms with E-state index >= 15 is 0 Å². The zero-order valence-electron chi connectivity index (χ0n) is 10.3. The van der Waals surface area contributed by atoms with Crippen molar-refractivity contribution < 1.29 is 9.47 Å². The first-order chi connectivity index (χ1) is 8.76. The molecule has 2 N–H and O–H groups in total. The van der Waals surface area contributed by atoms with E-state index in [2.05, 4.69) is 17.6 Å². The van der Waals surface area contributed by atoms with Gasteiger partial charge in [0.05, 0.1) is 13.3 Å². The molecule has 0 aliphatic carbocycles. The Morgan fingerprint density at radius 3 is 2.89 bits per heavy atom. The second kappa shape index (κ2) is 7.02. The Morgan fingerprint density at radius 2 is 2.33 bits per heavy atom. The SMILES string of the molecule is C#CCOc1c(CC=C)cc(C=NN)cc1OC. The molecule has 94 valence electrons. The van der Waals surface area contributed by atoms with Gasteiger partial charge in [0, 0.05) is 5.56 Å². The summed E-state index contributed by atoms with van der Waals surface area (Å²) in [5, 5.41) is 3.49. The summed E-state index contributed by atoms with van der Waals surface area (Å²) in [7, 11) is 1.57. The highest BCUT2D eigenvalue weighted by Gasteiger charge is 2.11.